The van der Waals surface area contributed by atoms with Gasteiger partial charge in [0.2, 0.25) is 5.79 Å². The van der Waals surface area contributed by atoms with Crippen molar-refractivity contribution in [3.63, 3.8) is 0 Å². The van der Waals surface area contributed by atoms with Gasteiger partial charge in [0.15, 0.2) is 11.5 Å². The van der Waals surface area contributed by atoms with Crippen molar-refractivity contribution in [3.05, 3.63) is 23.8 Å². The van der Waals surface area contributed by atoms with Gasteiger partial charge < -0.3 is 9.47 Å². The second-order valence-corrected chi connectivity index (χ2v) is 3.55. The van der Waals surface area contributed by atoms with Crippen LogP contribution in [-0.4, -0.2) is 5.79 Å². The van der Waals surface area contributed by atoms with Crippen LogP contribution in [0.25, 0.3) is 0 Å². The van der Waals surface area contributed by atoms with Crippen LogP contribution in [0.15, 0.2) is 18.2 Å². The molecule has 0 aromatic heterocycles. The van der Waals surface area contributed by atoms with E-state index in [1.807, 2.05) is 39.0 Å². The van der Waals surface area contributed by atoms with E-state index in [0.29, 0.717) is 0 Å². The zero-order chi connectivity index (χ0) is 8.77. The van der Waals surface area contributed by atoms with E-state index in [-0.39, 0.29) is 7.43 Å². The van der Waals surface area contributed by atoms with Crippen LogP contribution < -0.4 is 9.47 Å². The van der Waals surface area contributed by atoms with E-state index >= 15 is 0 Å². The first kappa shape index (κ1) is 9.90. The molecule has 0 spiro atoms. The molecule has 2 rings (SSSR count). The molecule has 1 aromatic carbocycles. The fraction of sp³-hybridized carbons (Fsp3) is 0.455. The predicted molar refractivity (Wildman–Crippen MR) is 53.2 cm³/mol. The second-order valence-electron chi connectivity index (χ2n) is 3.55. The van der Waals surface area contributed by atoms with Crippen LogP contribution in [0.4, 0.5) is 0 Å². The quantitative estimate of drug-likeness (QED) is 0.610. The van der Waals surface area contributed by atoms with Gasteiger partial charge in [0.1, 0.15) is 0 Å². The van der Waals surface area contributed by atoms with E-state index in [4.69, 9.17) is 9.47 Å². The van der Waals surface area contributed by atoms with Gasteiger partial charge in [0, 0.05) is 13.8 Å². The maximum absolute atomic E-state index is 5.55. The molecule has 0 saturated heterocycles. The molecule has 1 aromatic rings. The summed E-state index contributed by atoms with van der Waals surface area (Å²) in [5.41, 5.74) is 1.19. The molecule has 1 heterocycles. The average Bonchev–Trinajstić information content (AvgIpc) is 2.21. The van der Waals surface area contributed by atoms with Gasteiger partial charge in [-0.15, -0.1) is 0 Å². The molecule has 0 atom stereocenters. The molecule has 0 amide bonds. The maximum Gasteiger partial charge on any atom is 0.246 e. The number of ether oxygens (including phenoxy) is 2. The number of rotatable bonds is 0. The average molecular weight is 180 g/mol. The van der Waals surface area contributed by atoms with Gasteiger partial charge in [-0.1, -0.05) is 13.5 Å². The summed E-state index contributed by atoms with van der Waals surface area (Å²) in [5, 5.41) is 0. The van der Waals surface area contributed by atoms with E-state index in [0.717, 1.165) is 11.5 Å². The fourth-order valence-electron chi connectivity index (χ4n) is 1.33. The van der Waals surface area contributed by atoms with Crippen molar-refractivity contribution in [2.75, 3.05) is 0 Å². The zero-order valence-electron chi connectivity index (χ0n) is 7.55. The molecular weight excluding hydrogens is 164 g/mol. The first-order chi connectivity index (χ1) is 5.57. The number of fused-ring (bicyclic) bond motifs is 1. The van der Waals surface area contributed by atoms with Gasteiger partial charge in [0.05, 0.1) is 0 Å². The topological polar surface area (TPSA) is 18.5 Å². The first-order valence-electron chi connectivity index (χ1n) is 4.05. The Kier molecular flexibility index (Phi) is 2.24. The summed E-state index contributed by atoms with van der Waals surface area (Å²) < 4.78 is 11.1. The predicted octanol–water partition coefficient (Wildman–Crippen LogP) is 3.14. The van der Waals surface area contributed by atoms with Crippen LogP contribution in [0.2, 0.25) is 0 Å². The lowest BCUT2D eigenvalue weighted by Crippen LogP contribution is -2.29. The summed E-state index contributed by atoms with van der Waals surface area (Å²) in [5.74, 6) is 1.18. The minimum atomic E-state index is -0.504. The Hall–Kier alpha value is -1.18. The number of hydrogen-bond donors (Lipinski definition) is 0. The van der Waals surface area contributed by atoms with Gasteiger partial charge in [-0.3, -0.25) is 0 Å². The highest BCUT2D eigenvalue weighted by atomic mass is 16.7. The Labute approximate surface area is 79.5 Å². The van der Waals surface area contributed by atoms with Crippen LogP contribution in [0.1, 0.15) is 26.8 Å². The van der Waals surface area contributed by atoms with Crippen LogP contribution in [-0.2, 0) is 0 Å². The lowest BCUT2D eigenvalue weighted by molar-refractivity contribution is -0.0431. The monoisotopic (exact) mass is 180 g/mol. The number of hydrogen-bond acceptors (Lipinski definition) is 2. The van der Waals surface area contributed by atoms with Crippen molar-refractivity contribution in [1.29, 1.82) is 0 Å². The van der Waals surface area contributed by atoms with Crippen molar-refractivity contribution in [3.8, 4) is 11.5 Å². The summed E-state index contributed by atoms with van der Waals surface area (Å²) in [6, 6.07) is 5.95. The standard InChI is InChI=1S/C10H12O2.CH4/c1-7-4-5-8-9(6-7)12-10(2,3)11-8;/h4-6H,1-3H3;1H4. The van der Waals surface area contributed by atoms with Gasteiger partial charge in [-0.05, 0) is 24.6 Å². The van der Waals surface area contributed by atoms with E-state index < -0.39 is 5.79 Å². The second kappa shape index (κ2) is 2.95. The SMILES string of the molecule is C.Cc1ccc2c(c1)OC(C)(C)O2. The van der Waals surface area contributed by atoms with Crippen molar-refractivity contribution in [2.24, 2.45) is 0 Å². The molecule has 0 aliphatic carbocycles. The third-order valence-electron chi connectivity index (χ3n) is 1.81. The van der Waals surface area contributed by atoms with Crippen molar-refractivity contribution in [1.82, 2.24) is 0 Å². The van der Waals surface area contributed by atoms with E-state index in [1.54, 1.807) is 0 Å². The summed E-state index contributed by atoms with van der Waals surface area (Å²) in [6.45, 7) is 5.85. The Bertz CT molecular complexity index is 316. The van der Waals surface area contributed by atoms with Gasteiger partial charge in [0.25, 0.3) is 0 Å². The molecule has 1 aliphatic heterocycles. The highest BCUT2D eigenvalue weighted by molar-refractivity contribution is 5.45. The molecule has 0 unspecified atom stereocenters. The van der Waals surface area contributed by atoms with Crippen LogP contribution >= 0.6 is 0 Å². The van der Waals surface area contributed by atoms with E-state index in [9.17, 15) is 0 Å². The van der Waals surface area contributed by atoms with Gasteiger partial charge in [-0.25, -0.2) is 0 Å². The zero-order valence-corrected chi connectivity index (χ0v) is 7.55. The Morgan fingerprint density at radius 1 is 1.08 bits per heavy atom. The molecule has 72 valence electrons. The van der Waals surface area contributed by atoms with E-state index in [1.165, 1.54) is 5.56 Å². The van der Waals surface area contributed by atoms with Crippen LogP contribution in [0.5, 0.6) is 11.5 Å². The first-order valence-corrected chi connectivity index (χ1v) is 4.05. The molecule has 0 radical (unpaired) electrons. The summed E-state index contributed by atoms with van der Waals surface area (Å²) in [6.07, 6.45) is 0. The fourth-order valence-corrected chi connectivity index (χ4v) is 1.33. The summed E-state index contributed by atoms with van der Waals surface area (Å²) in [4.78, 5) is 0. The highest BCUT2D eigenvalue weighted by Gasteiger charge is 2.31. The molecule has 0 bridgehead atoms. The molecule has 0 fully saturated rings. The molecule has 13 heavy (non-hydrogen) atoms. The smallest absolute Gasteiger partial charge is 0.246 e. The third kappa shape index (κ3) is 1.77. The Morgan fingerprint density at radius 3 is 2.38 bits per heavy atom. The van der Waals surface area contributed by atoms with Gasteiger partial charge >= 0.3 is 0 Å². The molecule has 0 N–H and O–H groups in total. The summed E-state index contributed by atoms with van der Waals surface area (Å²) in [7, 11) is 0. The number of benzene rings is 1. The largest absolute Gasteiger partial charge is 0.449 e. The third-order valence-corrected chi connectivity index (χ3v) is 1.81. The molecule has 2 heteroatoms. The van der Waals surface area contributed by atoms with E-state index in [2.05, 4.69) is 0 Å². The maximum atomic E-state index is 5.55. The number of aryl methyl sites for hydroxylation is 1. The lowest BCUT2D eigenvalue weighted by atomic mass is 10.2. The highest BCUT2D eigenvalue weighted by Crippen LogP contribution is 2.39. The Balaban J connectivity index is 0.000000845. The van der Waals surface area contributed by atoms with Crippen molar-refractivity contribution >= 4 is 0 Å². The molecule has 1 aliphatic rings. The van der Waals surface area contributed by atoms with Crippen LogP contribution in [0.3, 0.4) is 0 Å². The summed E-state index contributed by atoms with van der Waals surface area (Å²) >= 11 is 0. The molecular formula is C11H16O2. The van der Waals surface area contributed by atoms with Gasteiger partial charge in [-0.2, -0.15) is 0 Å². The molecule has 0 saturated carbocycles. The normalized spacial score (nSPS) is 16.5. The van der Waals surface area contributed by atoms with Crippen LogP contribution in [0, 0.1) is 6.92 Å². The minimum Gasteiger partial charge on any atom is -0.449 e. The lowest BCUT2D eigenvalue weighted by Gasteiger charge is -2.16. The minimum absolute atomic E-state index is 0. The van der Waals surface area contributed by atoms with Crippen molar-refractivity contribution in [2.45, 2.75) is 34.0 Å². The Morgan fingerprint density at radius 2 is 1.69 bits per heavy atom. The molecule has 2 nitrogen and oxygen atoms in total. The van der Waals surface area contributed by atoms with Crippen molar-refractivity contribution < 1.29 is 9.47 Å².